The molecule has 4 rings (SSSR count). The molecule has 3 aromatic carbocycles. The van der Waals surface area contributed by atoms with E-state index < -0.39 is 12.8 Å². The minimum Gasteiger partial charge on any atom is -0.370 e. The summed E-state index contributed by atoms with van der Waals surface area (Å²) in [6, 6.07) is 30.1. The molecule has 1 aliphatic rings. The standard InChI is InChI=1S/C23H26BN2O3/c27-24(28)26(18-16-25(29)17-19-26)23(20-10-4-1-5-11-20,21-12-6-2-7-13-21)22-14-8-3-9-15-22/h1-15,27-29H,16-19H2/q+1. The summed E-state index contributed by atoms with van der Waals surface area (Å²) >= 11 is 0. The quantitative estimate of drug-likeness (QED) is 0.464. The van der Waals surface area contributed by atoms with Gasteiger partial charge in [-0.2, -0.15) is 5.06 Å². The Morgan fingerprint density at radius 2 is 1.00 bits per heavy atom. The fraction of sp³-hybridized carbons (Fsp3) is 0.217. The number of quaternary nitrogens is 1. The maximum Gasteiger partial charge on any atom is 0.755 e. The first kappa shape index (κ1) is 19.8. The lowest BCUT2D eigenvalue weighted by atomic mass is 9.68. The highest BCUT2D eigenvalue weighted by molar-refractivity contribution is 6.32. The summed E-state index contributed by atoms with van der Waals surface area (Å²) < 4.78 is -0.0118. The lowest BCUT2D eigenvalue weighted by Gasteiger charge is -2.56. The minimum absolute atomic E-state index is 0.0118. The highest BCUT2D eigenvalue weighted by atomic mass is 16.5. The molecule has 1 aliphatic heterocycles. The van der Waals surface area contributed by atoms with Crippen molar-refractivity contribution in [1.82, 2.24) is 5.06 Å². The van der Waals surface area contributed by atoms with Crippen molar-refractivity contribution >= 4 is 7.25 Å². The Hall–Kier alpha value is -2.48. The van der Waals surface area contributed by atoms with E-state index in [2.05, 4.69) is 0 Å². The molecule has 29 heavy (non-hydrogen) atoms. The third-order valence-electron chi connectivity index (χ3n) is 6.20. The molecule has 1 heterocycles. The van der Waals surface area contributed by atoms with Gasteiger partial charge in [-0.05, 0) is 0 Å². The van der Waals surface area contributed by atoms with Gasteiger partial charge in [0.1, 0.15) is 0 Å². The third kappa shape index (κ3) is 3.19. The van der Waals surface area contributed by atoms with E-state index in [9.17, 15) is 15.3 Å². The second-order valence-corrected chi connectivity index (χ2v) is 7.59. The van der Waals surface area contributed by atoms with Crippen molar-refractivity contribution in [1.29, 1.82) is 0 Å². The van der Waals surface area contributed by atoms with Gasteiger partial charge in [0.2, 0.25) is 0 Å². The van der Waals surface area contributed by atoms with Gasteiger partial charge in [-0.25, -0.2) is 0 Å². The van der Waals surface area contributed by atoms with Crippen molar-refractivity contribution in [3.63, 3.8) is 0 Å². The molecule has 3 N–H and O–H groups in total. The number of nitrogens with zero attached hydrogens (tertiary/aromatic N) is 2. The van der Waals surface area contributed by atoms with Crippen molar-refractivity contribution in [3.8, 4) is 0 Å². The first-order valence-electron chi connectivity index (χ1n) is 9.95. The van der Waals surface area contributed by atoms with Crippen LogP contribution in [-0.2, 0) is 5.54 Å². The van der Waals surface area contributed by atoms with Crippen LogP contribution in [0.5, 0.6) is 0 Å². The van der Waals surface area contributed by atoms with E-state index in [0.717, 1.165) is 16.7 Å². The summed E-state index contributed by atoms with van der Waals surface area (Å²) in [5.41, 5.74) is 2.10. The molecule has 0 bridgehead atoms. The molecular formula is C23H26BN2O3+. The maximum absolute atomic E-state index is 10.9. The first-order chi connectivity index (χ1) is 14.1. The molecule has 3 aromatic rings. The van der Waals surface area contributed by atoms with Crippen LogP contribution in [-0.4, -0.2) is 58.1 Å². The molecule has 1 fully saturated rings. The molecule has 0 atom stereocenters. The molecule has 6 heteroatoms. The van der Waals surface area contributed by atoms with Crippen LogP contribution in [0, 0.1) is 0 Å². The summed E-state index contributed by atoms with van der Waals surface area (Å²) in [6.45, 7) is 1.47. The molecule has 148 valence electrons. The minimum atomic E-state index is -1.62. The van der Waals surface area contributed by atoms with E-state index in [0.29, 0.717) is 26.2 Å². The van der Waals surface area contributed by atoms with Crippen LogP contribution in [0.15, 0.2) is 91.0 Å². The monoisotopic (exact) mass is 389 g/mol. The van der Waals surface area contributed by atoms with Gasteiger partial charge < -0.3 is 19.6 Å². The largest absolute Gasteiger partial charge is 0.755 e. The average Bonchev–Trinajstić information content (AvgIpc) is 2.78. The van der Waals surface area contributed by atoms with Gasteiger partial charge in [-0.1, -0.05) is 91.0 Å². The SMILES string of the molecule is OB(O)[N+]1(C(c2ccccc2)(c2ccccc2)c2ccccc2)CCN(O)CC1. The van der Waals surface area contributed by atoms with Crippen LogP contribution < -0.4 is 0 Å². The molecule has 0 aliphatic carbocycles. The van der Waals surface area contributed by atoms with Gasteiger partial charge in [0.25, 0.3) is 0 Å². The van der Waals surface area contributed by atoms with E-state index in [1.54, 1.807) is 0 Å². The Morgan fingerprint density at radius 3 is 1.31 bits per heavy atom. The number of piperazine rings is 1. The van der Waals surface area contributed by atoms with Gasteiger partial charge in [0.05, 0.1) is 26.2 Å². The molecule has 5 nitrogen and oxygen atoms in total. The second-order valence-electron chi connectivity index (χ2n) is 7.59. The topological polar surface area (TPSA) is 63.9 Å². The van der Waals surface area contributed by atoms with Crippen LogP contribution in [0.3, 0.4) is 0 Å². The highest BCUT2D eigenvalue weighted by Crippen LogP contribution is 2.48. The molecule has 0 radical (unpaired) electrons. The molecule has 0 spiro atoms. The van der Waals surface area contributed by atoms with Gasteiger partial charge in [-0.15, -0.1) is 0 Å². The summed E-state index contributed by atoms with van der Waals surface area (Å²) in [5, 5.41) is 33.0. The number of hydrogen-bond donors (Lipinski definition) is 3. The van der Waals surface area contributed by atoms with E-state index in [4.69, 9.17) is 0 Å². The zero-order valence-corrected chi connectivity index (χ0v) is 16.3. The smallest absolute Gasteiger partial charge is 0.370 e. The zero-order chi connectivity index (χ0) is 20.3. The summed E-state index contributed by atoms with van der Waals surface area (Å²) in [5.74, 6) is 0. The van der Waals surface area contributed by atoms with Crippen LogP contribution in [0.4, 0.5) is 0 Å². The number of hydrogen-bond acceptors (Lipinski definition) is 4. The fourth-order valence-electron chi connectivity index (χ4n) is 4.86. The van der Waals surface area contributed by atoms with Crippen molar-refractivity contribution < 1.29 is 19.6 Å². The van der Waals surface area contributed by atoms with Gasteiger partial charge in [0, 0.05) is 16.7 Å². The molecule has 0 amide bonds. The van der Waals surface area contributed by atoms with E-state index in [1.165, 1.54) is 5.06 Å². The van der Waals surface area contributed by atoms with Crippen molar-refractivity contribution in [2.45, 2.75) is 5.54 Å². The number of hydroxylamine groups is 2. The molecular weight excluding hydrogens is 363 g/mol. The average molecular weight is 389 g/mol. The van der Waals surface area contributed by atoms with Crippen LogP contribution in [0.25, 0.3) is 0 Å². The summed E-state index contributed by atoms with van der Waals surface area (Å²) in [4.78, 5) is 0. The predicted molar refractivity (Wildman–Crippen MR) is 113 cm³/mol. The molecule has 1 saturated heterocycles. The van der Waals surface area contributed by atoms with Crippen molar-refractivity contribution in [3.05, 3.63) is 108 Å². The Bertz CT molecular complexity index is 818. The van der Waals surface area contributed by atoms with Crippen molar-refractivity contribution in [2.75, 3.05) is 26.2 Å². The fourth-order valence-corrected chi connectivity index (χ4v) is 4.86. The van der Waals surface area contributed by atoms with Crippen LogP contribution in [0.2, 0.25) is 0 Å². The van der Waals surface area contributed by atoms with E-state index >= 15 is 0 Å². The van der Waals surface area contributed by atoms with E-state index in [-0.39, 0.29) is 4.39 Å². The summed E-state index contributed by atoms with van der Waals surface area (Å²) in [6.07, 6.45) is 0. The first-order valence-corrected chi connectivity index (χ1v) is 9.95. The Morgan fingerprint density at radius 1 is 0.655 bits per heavy atom. The van der Waals surface area contributed by atoms with Gasteiger partial charge >= 0.3 is 7.25 Å². The zero-order valence-electron chi connectivity index (χ0n) is 16.3. The predicted octanol–water partition coefficient (Wildman–Crippen LogP) is 2.47. The van der Waals surface area contributed by atoms with E-state index in [1.807, 2.05) is 91.0 Å². The van der Waals surface area contributed by atoms with Crippen LogP contribution >= 0.6 is 0 Å². The van der Waals surface area contributed by atoms with Crippen molar-refractivity contribution in [2.24, 2.45) is 0 Å². The molecule has 0 aromatic heterocycles. The third-order valence-corrected chi connectivity index (χ3v) is 6.20. The van der Waals surface area contributed by atoms with Gasteiger partial charge in [0.15, 0.2) is 5.54 Å². The molecule has 0 unspecified atom stereocenters. The normalized spacial score (nSPS) is 17.1. The number of benzene rings is 3. The lowest BCUT2D eigenvalue weighted by Crippen LogP contribution is -2.75. The molecule has 0 saturated carbocycles. The summed E-state index contributed by atoms with van der Waals surface area (Å²) in [7, 11) is -1.62. The van der Waals surface area contributed by atoms with Crippen LogP contribution in [0.1, 0.15) is 16.7 Å². The number of rotatable bonds is 5. The lowest BCUT2D eigenvalue weighted by molar-refractivity contribution is -0.895. The Kier molecular flexibility index (Phi) is 5.54. The maximum atomic E-state index is 10.9. The highest BCUT2D eigenvalue weighted by Gasteiger charge is 2.62. The second kappa shape index (κ2) is 8.10. The van der Waals surface area contributed by atoms with Gasteiger partial charge in [-0.3, -0.25) is 0 Å². The Labute approximate surface area is 171 Å². The Balaban J connectivity index is 2.10.